The molecule has 0 aliphatic carbocycles. The summed E-state index contributed by atoms with van der Waals surface area (Å²) in [5, 5.41) is 34.8. The van der Waals surface area contributed by atoms with Gasteiger partial charge in [0.05, 0.1) is 12.7 Å². The Morgan fingerprint density at radius 3 is 2.00 bits per heavy atom. The van der Waals surface area contributed by atoms with Crippen LogP contribution < -0.4 is 0 Å². The smallest absolute Gasteiger partial charge is 0.122 e. The normalized spacial score (nSPS) is 17.3. The molecule has 0 saturated heterocycles. The Labute approximate surface area is 80.5 Å². The quantitative estimate of drug-likeness (QED) is 0.307. The fourth-order valence-corrected chi connectivity index (χ4v) is 0.602. The molecule has 74 valence electrons. The molecule has 0 saturated carbocycles. The Kier molecular flexibility index (Phi) is 9.29. The maximum atomic E-state index is 9.82. The minimum absolute atomic E-state index is 0. The van der Waals surface area contributed by atoms with E-state index in [1.807, 2.05) is 0 Å². The predicted octanol–water partition coefficient (Wildman–Crippen LogP) is -2.35. The number of hydrogen-bond acceptors (Lipinski definition) is 5. The van der Waals surface area contributed by atoms with Crippen molar-refractivity contribution < 1.29 is 42.3 Å². The van der Waals surface area contributed by atoms with Gasteiger partial charge in [0.25, 0.3) is 0 Å². The van der Waals surface area contributed by atoms with Crippen LogP contribution in [0.5, 0.6) is 0 Å². The first-order valence-corrected chi connectivity index (χ1v) is 3.22. The first kappa shape index (κ1) is 14.5. The summed E-state index contributed by atoms with van der Waals surface area (Å²) in [4.78, 5) is 9.82. The van der Waals surface area contributed by atoms with Gasteiger partial charge in [-0.3, -0.25) is 0 Å². The monoisotopic (exact) mass is 220 g/mol. The number of carbonyl (C=O) groups is 1. The van der Waals surface area contributed by atoms with Crippen LogP contribution in [-0.2, 0) is 21.9 Å². The van der Waals surface area contributed by atoms with Crippen LogP contribution in [-0.4, -0.2) is 51.6 Å². The van der Waals surface area contributed by atoms with Crippen molar-refractivity contribution in [2.45, 2.75) is 24.7 Å². The fraction of sp³-hybridized carbons (Fsp3) is 0.833. The molecule has 0 spiro atoms. The van der Waals surface area contributed by atoms with Crippen LogP contribution in [0.4, 0.5) is 0 Å². The molecule has 0 radical (unpaired) electrons. The van der Waals surface area contributed by atoms with Crippen molar-refractivity contribution in [3.8, 4) is 0 Å². The molecule has 5 nitrogen and oxygen atoms in total. The summed E-state index contributed by atoms with van der Waals surface area (Å²) < 4.78 is 0. The van der Waals surface area contributed by atoms with Gasteiger partial charge in [-0.2, -0.15) is 0 Å². The molecule has 0 rings (SSSR count). The van der Waals surface area contributed by atoms with Crippen LogP contribution in [0.3, 0.4) is 0 Å². The van der Waals surface area contributed by atoms with E-state index < -0.39 is 24.9 Å². The van der Waals surface area contributed by atoms with Crippen molar-refractivity contribution in [1.29, 1.82) is 0 Å². The van der Waals surface area contributed by atoms with Crippen LogP contribution in [0.2, 0.25) is 0 Å². The summed E-state index contributed by atoms with van der Waals surface area (Å²) in [6, 6.07) is 0. The van der Waals surface area contributed by atoms with Gasteiger partial charge in [0.15, 0.2) is 0 Å². The third-order valence-corrected chi connectivity index (χ3v) is 1.31. The van der Waals surface area contributed by atoms with E-state index in [1.54, 1.807) is 0 Å². The minimum Gasteiger partial charge on any atom is -0.394 e. The van der Waals surface area contributed by atoms with E-state index in [2.05, 4.69) is 0 Å². The minimum atomic E-state index is -1.47. The predicted molar refractivity (Wildman–Crippen MR) is 35.8 cm³/mol. The number of aliphatic hydroxyl groups excluding tert-OH is 4. The molecule has 0 aromatic rings. The molecule has 0 aromatic heterocycles. The third-order valence-electron chi connectivity index (χ3n) is 1.31. The van der Waals surface area contributed by atoms with Gasteiger partial charge in [0, 0.05) is 23.5 Å². The SMILES string of the molecule is O=CCC(O)C(O)C(O)CO.[Fe]. The Morgan fingerprint density at radius 1 is 1.17 bits per heavy atom. The molecule has 6 heteroatoms. The molecule has 0 aromatic carbocycles. The van der Waals surface area contributed by atoms with Crippen LogP contribution in [0.15, 0.2) is 0 Å². The van der Waals surface area contributed by atoms with E-state index in [4.69, 9.17) is 20.4 Å². The molecule has 0 aliphatic rings. The van der Waals surface area contributed by atoms with Crippen molar-refractivity contribution in [2.75, 3.05) is 6.61 Å². The summed E-state index contributed by atoms with van der Waals surface area (Å²) in [6.07, 6.45) is -4.00. The number of hydrogen-bond donors (Lipinski definition) is 4. The third kappa shape index (κ3) is 4.82. The molecule has 0 bridgehead atoms. The van der Waals surface area contributed by atoms with Gasteiger partial charge in [0.1, 0.15) is 18.5 Å². The van der Waals surface area contributed by atoms with Crippen molar-refractivity contribution in [2.24, 2.45) is 0 Å². The first-order valence-electron chi connectivity index (χ1n) is 3.22. The van der Waals surface area contributed by atoms with E-state index in [1.165, 1.54) is 0 Å². The van der Waals surface area contributed by atoms with Crippen molar-refractivity contribution >= 4 is 6.29 Å². The topological polar surface area (TPSA) is 98.0 Å². The van der Waals surface area contributed by atoms with Gasteiger partial charge in [-0.15, -0.1) is 0 Å². The maximum absolute atomic E-state index is 9.82. The van der Waals surface area contributed by atoms with Gasteiger partial charge < -0.3 is 25.2 Å². The number of aldehydes is 1. The molecular weight excluding hydrogens is 208 g/mol. The average molecular weight is 220 g/mol. The van der Waals surface area contributed by atoms with Gasteiger partial charge in [0.2, 0.25) is 0 Å². The Balaban J connectivity index is 0. The molecule has 0 amide bonds. The summed E-state index contributed by atoms with van der Waals surface area (Å²) in [7, 11) is 0. The summed E-state index contributed by atoms with van der Waals surface area (Å²) in [6.45, 7) is -0.642. The summed E-state index contributed by atoms with van der Waals surface area (Å²) in [5.74, 6) is 0. The molecular formula is C6H12FeO5. The van der Waals surface area contributed by atoms with E-state index in [0.29, 0.717) is 6.29 Å². The van der Waals surface area contributed by atoms with Crippen LogP contribution in [0, 0.1) is 0 Å². The van der Waals surface area contributed by atoms with Crippen LogP contribution in [0.25, 0.3) is 0 Å². The van der Waals surface area contributed by atoms with Gasteiger partial charge >= 0.3 is 0 Å². The van der Waals surface area contributed by atoms with Crippen molar-refractivity contribution in [3.63, 3.8) is 0 Å². The zero-order chi connectivity index (χ0) is 8.85. The standard InChI is InChI=1S/C6H12O5.Fe/c7-2-1-4(9)6(11)5(10)3-8;/h2,4-6,8-11H,1,3H2;. The fourth-order valence-electron chi connectivity index (χ4n) is 0.602. The number of rotatable bonds is 5. The Hall–Kier alpha value is 0.0295. The van der Waals surface area contributed by atoms with E-state index in [9.17, 15) is 4.79 Å². The molecule has 3 atom stereocenters. The second-order valence-corrected chi connectivity index (χ2v) is 2.21. The Bertz CT molecular complexity index is 121. The average Bonchev–Trinajstić information content (AvgIpc) is 2.02. The molecule has 0 heterocycles. The van der Waals surface area contributed by atoms with E-state index in [0.717, 1.165) is 0 Å². The van der Waals surface area contributed by atoms with Crippen LogP contribution in [0.1, 0.15) is 6.42 Å². The second-order valence-electron chi connectivity index (χ2n) is 2.21. The zero-order valence-electron chi connectivity index (χ0n) is 6.27. The largest absolute Gasteiger partial charge is 0.394 e. The van der Waals surface area contributed by atoms with Gasteiger partial charge in [-0.05, 0) is 0 Å². The van der Waals surface area contributed by atoms with Crippen molar-refractivity contribution in [1.82, 2.24) is 0 Å². The van der Waals surface area contributed by atoms with Gasteiger partial charge in [-0.1, -0.05) is 0 Å². The first-order chi connectivity index (χ1) is 5.13. The zero-order valence-corrected chi connectivity index (χ0v) is 7.38. The van der Waals surface area contributed by atoms with E-state index in [-0.39, 0.29) is 23.5 Å². The molecule has 3 unspecified atom stereocenters. The van der Waals surface area contributed by atoms with Crippen molar-refractivity contribution in [3.05, 3.63) is 0 Å². The molecule has 0 fully saturated rings. The van der Waals surface area contributed by atoms with E-state index >= 15 is 0 Å². The summed E-state index contributed by atoms with van der Waals surface area (Å²) in [5.41, 5.74) is 0. The van der Waals surface area contributed by atoms with Gasteiger partial charge in [-0.25, -0.2) is 0 Å². The maximum Gasteiger partial charge on any atom is 0.122 e. The second kappa shape index (κ2) is 7.67. The Morgan fingerprint density at radius 2 is 1.67 bits per heavy atom. The molecule has 12 heavy (non-hydrogen) atoms. The van der Waals surface area contributed by atoms with Crippen LogP contribution >= 0.6 is 0 Å². The number of carbonyl (C=O) groups excluding carboxylic acids is 1. The molecule has 4 N–H and O–H groups in total. The molecule has 0 aliphatic heterocycles. The summed E-state index contributed by atoms with van der Waals surface area (Å²) >= 11 is 0. The number of aliphatic hydroxyl groups is 4.